The predicted molar refractivity (Wildman–Crippen MR) is 74.7 cm³/mol. The summed E-state index contributed by atoms with van der Waals surface area (Å²) in [6.07, 6.45) is 2.62. The quantitative estimate of drug-likeness (QED) is 0.265. The lowest BCUT2D eigenvalue weighted by molar-refractivity contribution is -0.385. The van der Waals surface area contributed by atoms with E-state index in [0.29, 0.717) is 19.0 Å². The average Bonchev–Trinajstić information content (AvgIpc) is 2.73. The van der Waals surface area contributed by atoms with Crippen molar-refractivity contribution in [1.29, 1.82) is 0 Å². The highest BCUT2D eigenvalue weighted by Crippen LogP contribution is 2.06. The van der Waals surface area contributed by atoms with Crippen LogP contribution in [0.15, 0.2) is 17.4 Å². The fourth-order valence-electron chi connectivity index (χ4n) is 1.14. The molecule has 1 heterocycles. The molecule has 0 unspecified atom stereocenters. The van der Waals surface area contributed by atoms with Crippen LogP contribution >= 0.6 is 24.0 Å². The highest BCUT2D eigenvalue weighted by molar-refractivity contribution is 14.0. The SMILES string of the molecule is CN=C(NC)NCCn1cc([N+](=O)[O-])cn1.I. The van der Waals surface area contributed by atoms with Gasteiger partial charge in [-0.25, -0.2) is 0 Å². The maximum Gasteiger partial charge on any atom is 0.306 e. The summed E-state index contributed by atoms with van der Waals surface area (Å²) < 4.78 is 1.51. The molecule has 0 saturated heterocycles. The molecule has 0 bridgehead atoms. The first-order valence-electron chi connectivity index (χ1n) is 4.72. The van der Waals surface area contributed by atoms with E-state index in [4.69, 9.17) is 0 Å². The van der Waals surface area contributed by atoms with Crippen LogP contribution in [0.5, 0.6) is 0 Å². The second-order valence-electron chi connectivity index (χ2n) is 2.97. The van der Waals surface area contributed by atoms with Gasteiger partial charge in [-0.15, -0.1) is 24.0 Å². The molecule has 17 heavy (non-hydrogen) atoms. The van der Waals surface area contributed by atoms with Gasteiger partial charge in [0.2, 0.25) is 0 Å². The molecule has 0 aromatic carbocycles. The highest BCUT2D eigenvalue weighted by Gasteiger charge is 2.07. The molecule has 1 rings (SSSR count). The third-order valence-corrected chi connectivity index (χ3v) is 1.92. The van der Waals surface area contributed by atoms with Crippen LogP contribution in [-0.4, -0.2) is 41.3 Å². The van der Waals surface area contributed by atoms with Gasteiger partial charge >= 0.3 is 5.69 Å². The zero-order valence-corrected chi connectivity index (χ0v) is 11.9. The number of rotatable bonds is 4. The lowest BCUT2D eigenvalue weighted by Gasteiger charge is -2.07. The first-order chi connectivity index (χ1) is 7.67. The lowest BCUT2D eigenvalue weighted by atomic mass is 10.6. The van der Waals surface area contributed by atoms with Crippen LogP contribution < -0.4 is 10.6 Å². The Morgan fingerprint density at radius 2 is 2.41 bits per heavy atom. The van der Waals surface area contributed by atoms with Gasteiger partial charge in [-0.1, -0.05) is 0 Å². The fraction of sp³-hybridized carbons (Fsp3) is 0.500. The molecule has 0 aliphatic heterocycles. The van der Waals surface area contributed by atoms with Gasteiger partial charge in [0.1, 0.15) is 12.4 Å². The van der Waals surface area contributed by atoms with Crippen molar-refractivity contribution in [2.24, 2.45) is 4.99 Å². The standard InChI is InChI=1S/C8H14N6O2.HI/c1-9-8(10-2)11-3-4-13-6-7(5-12-13)14(15)16;/h5-6H,3-4H2,1-2H3,(H2,9,10,11);1H. The van der Waals surface area contributed by atoms with Crippen molar-refractivity contribution in [3.8, 4) is 0 Å². The minimum absolute atomic E-state index is 0. The van der Waals surface area contributed by atoms with Gasteiger partial charge in [-0.2, -0.15) is 5.10 Å². The molecular formula is C8H15IN6O2. The molecule has 2 N–H and O–H groups in total. The Morgan fingerprint density at radius 3 is 2.88 bits per heavy atom. The molecule has 0 aliphatic carbocycles. The Hall–Kier alpha value is -1.39. The number of nitro groups is 1. The van der Waals surface area contributed by atoms with Crippen LogP contribution in [-0.2, 0) is 6.54 Å². The van der Waals surface area contributed by atoms with Crippen molar-refractivity contribution in [2.45, 2.75) is 6.54 Å². The van der Waals surface area contributed by atoms with Gasteiger partial charge in [0, 0.05) is 20.6 Å². The normalized spacial score (nSPS) is 10.6. The molecule has 0 saturated carbocycles. The van der Waals surface area contributed by atoms with Crippen LogP contribution in [0.2, 0.25) is 0 Å². The van der Waals surface area contributed by atoms with E-state index in [2.05, 4.69) is 20.7 Å². The van der Waals surface area contributed by atoms with Crippen molar-refractivity contribution in [3.05, 3.63) is 22.5 Å². The summed E-state index contributed by atoms with van der Waals surface area (Å²) >= 11 is 0. The Labute approximate surface area is 116 Å². The van der Waals surface area contributed by atoms with E-state index in [1.165, 1.54) is 17.1 Å². The summed E-state index contributed by atoms with van der Waals surface area (Å²) in [5, 5.41) is 20.1. The molecular weight excluding hydrogens is 339 g/mol. The maximum absolute atomic E-state index is 10.4. The number of nitrogens with zero attached hydrogens (tertiary/aromatic N) is 4. The summed E-state index contributed by atoms with van der Waals surface area (Å²) in [6, 6.07) is 0. The van der Waals surface area contributed by atoms with Gasteiger partial charge in [0.05, 0.1) is 11.5 Å². The molecule has 0 spiro atoms. The van der Waals surface area contributed by atoms with Crippen LogP contribution in [0.4, 0.5) is 5.69 Å². The molecule has 1 aromatic heterocycles. The van der Waals surface area contributed by atoms with Crippen molar-refractivity contribution in [3.63, 3.8) is 0 Å². The summed E-state index contributed by atoms with van der Waals surface area (Å²) in [6.45, 7) is 1.13. The Bertz CT molecular complexity index is 391. The van der Waals surface area contributed by atoms with E-state index in [0.717, 1.165) is 0 Å². The molecule has 0 atom stereocenters. The minimum Gasteiger partial charge on any atom is -0.359 e. The lowest BCUT2D eigenvalue weighted by Crippen LogP contribution is -2.36. The van der Waals surface area contributed by atoms with E-state index in [1.807, 2.05) is 0 Å². The van der Waals surface area contributed by atoms with Crippen molar-refractivity contribution in [1.82, 2.24) is 20.4 Å². The highest BCUT2D eigenvalue weighted by atomic mass is 127. The third-order valence-electron chi connectivity index (χ3n) is 1.92. The fourth-order valence-corrected chi connectivity index (χ4v) is 1.14. The number of nitrogens with one attached hydrogen (secondary N) is 2. The molecule has 0 fully saturated rings. The van der Waals surface area contributed by atoms with Crippen molar-refractivity contribution >= 4 is 35.6 Å². The van der Waals surface area contributed by atoms with Gasteiger partial charge in [-0.05, 0) is 0 Å². The van der Waals surface area contributed by atoms with Crippen LogP contribution in [0.1, 0.15) is 0 Å². The van der Waals surface area contributed by atoms with Crippen molar-refractivity contribution in [2.75, 3.05) is 20.6 Å². The molecule has 0 amide bonds. The molecule has 0 aliphatic rings. The van der Waals surface area contributed by atoms with Crippen LogP contribution in [0.3, 0.4) is 0 Å². The average molecular weight is 354 g/mol. The Morgan fingerprint density at radius 1 is 1.71 bits per heavy atom. The van der Waals surface area contributed by atoms with E-state index in [9.17, 15) is 10.1 Å². The van der Waals surface area contributed by atoms with Crippen LogP contribution in [0, 0.1) is 10.1 Å². The zero-order valence-electron chi connectivity index (χ0n) is 9.58. The van der Waals surface area contributed by atoms with E-state index in [-0.39, 0.29) is 29.7 Å². The summed E-state index contributed by atoms with van der Waals surface area (Å²) in [7, 11) is 3.42. The second kappa shape index (κ2) is 7.81. The largest absolute Gasteiger partial charge is 0.359 e. The number of aromatic nitrogens is 2. The first-order valence-corrected chi connectivity index (χ1v) is 4.72. The summed E-state index contributed by atoms with van der Waals surface area (Å²) in [5.74, 6) is 0.668. The van der Waals surface area contributed by atoms with Gasteiger partial charge in [-0.3, -0.25) is 19.8 Å². The predicted octanol–water partition coefficient (Wildman–Crippen LogP) is 0.204. The molecule has 0 radical (unpaired) electrons. The Balaban J connectivity index is 0.00000256. The topological polar surface area (TPSA) is 97.4 Å². The molecule has 96 valence electrons. The summed E-state index contributed by atoms with van der Waals surface area (Å²) in [4.78, 5) is 13.9. The van der Waals surface area contributed by atoms with E-state index in [1.54, 1.807) is 14.1 Å². The van der Waals surface area contributed by atoms with Gasteiger partial charge < -0.3 is 10.6 Å². The number of aliphatic imine (C=N–C) groups is 1. The monoisotopic (exact) mass is 354 g/mol. The van der Waals surface area contributed by atoms with Crippen molar-refractivity contribution < 1.29 is 4.92 Å². The number of halogens is 1. The smallest absolute Gasteiger partial charge is 0.306 e. The van der Waals surface area contributed by atoms with Crippen LogP contribution in [0.25, 0.3) is 0 Å². The molecule has 1 aromatic rings. The molecule has 8 nitrogen and oxygen atoms in total. The summed E-state index contributed by atoms with van der Waals surface area (Å²) in [5.41, 5.74) is -0.00185. The molecule has 9 heteroatoms. The number of guanidine groups is 1. The van der Waals surface area contributed by atoms with Gasteiger partial charge in [0.15, 0.2) is 5.96 Å². The second-order valence-corrected chi connectivity index (χ2v) is 2.97. The van der Waals surface area contributed by atoms with E-state index < -0.39 is 4.92 Å². The number of hydrogen-bond donors (Lipinski definition) is 2. The maximum atomic E-state index is 10.4. The Kier molecular flexibility index (Phi) is 7.18. The van der Waals surface area contributed by atoms with Gasteiger partial charge in [0.25, 0.3) is 0 Å². The van der Waals surface area contributed by atoms with E-state index >= 15 is 0 Å². The number of hydrogen-bond acceptors (Lipinski definition) is 4. The third kappa shape index (κ3) is 4.97. The first kappa shape index (κ1) is 15.6. The zero-order chi connectivity index (χ0) is 12.0. The minimum atomic E-state index is -0.469.